The lowest BCUT2D eigenvalue weighted by molar-refractivity contribution is -0.129. The topological polar surface area (TPSA) is 97.0 Å². The molecule has 0 fully saturated rings. The van der Waals surface area contributed by atoms with Crippen LogP contribution in [-0.2, 0) is 4.79 Å². The predicted octanol–water partition coefficient (Wildman–Crippen LogP) is 5.14. The zero-order valence-electron chi connectivity index (χ0n) is 15.9. The summed E-state index contributed by atoms with van der Waals surface area (Å²) < 4.78 is 11.3. The first-order valence-corrected chi connectivity index (χ1v) is 9.54. The molecule has 1 aromatic heterocycles. The van der Waals surface area contributed by atoms with E-state index >= 15 is 0 Å². The molecule has 154 valence electrons. The second-order valence-electron chi connectivity index (χ2n) is 6.60. The van der Waals surface area contributed by atoms with Crippen LogP contribution in [-0.4, -0.2) is 16.2 Å². The maximum atomic E-state index is 13.0. The van der Waals surface area contributed by atoms with Gasteiger partial charge in [0.2, 0.25) is 11.2 Å². The molecule has 0 bridgehead atoms. The van der Waals surface area contributed by atoms with Gasteiger partial charge in [0.25, 0.3) is 0 Å². The molecule has 2 N–H and O–H groups in total. The molecule has 0 saturated heterocycles. The van der Waals surface area contributed by atoms with Gasteiger partial charge in [-0.25, -0.2) is 4.79 Å². The summed E-state index contributed by atoms with van der Waals surface area (Å²) in [7, 11) is 0. The van der Waals surface area contributed by atoms with E-state index < -0.39 is 11.4 Å². The van der Waals surface area contributed by atoms with Gasteiger partial charge in [0.15, 0.2) is 17.3 Å². The van der Waals surface area contributed by atoms with E-state index in [1.807, 2.05) is 0 Å². The van der Waals surface area contributed by atoms with E-state index in [9.17, 15) is 19.8 Å². The number of para-hydroxylation sites is 1. The van der Waals surface area contributed by atoms with Gasteiger partial charge in [0.05, 0.1) is 5.39 Å². The van der Waals surface area contributed by atoms with Crippen LogP contribution in [0.3, 0.4) is 0 Å². The average Bonchev–Trinajstić information content (AvgIpc) is 2.77. The SMILES string of the molecule is O=C(/C=C/c1ccc(O)c(O)c1)Oc1c(-c2ccc(Cl)cc2)oc2ccccc2c1=O. The zero-order valence-corrected chi connectivity index (χ0v) is 16.7. The van der Waals surface area contributed by atoms with Gasteiger partial charge in [-0.3, -0.25) is 4.79 Å². The van der Waals surface area contributed by atoms with Crippen molar-refractivity contribution in [1.82, 2.24) is 0 Å². The van der Waals surface area contributed by atoms with Crippen molar-refractivity contribution < 1.29 is 24.2 Å². The summed E-state index contributed by atoms with van der Waals surface area (Å²) in [5.74, 6) is -1.56. The van der Waals surface area contributed by atoms with Crippen molar-refractivity contribution in [2.75, 3.05) is 0 Å². The largest absolute Gasteiger partial charge is 0.504 e. The van der Waals surface area contributed by atoms with Gasteiger partial charge in [0.1, 0.15) is 5.58 Å². The van der Waals surface area contributed by atoms with Crippen LogP contribution in [0.1, 0.15) is 5.56 Å². The fraction of sp³-hybridized carbons (Fsp3) is 0. The minimum absolute atomic E-state index is 0.101. The van der Waals surface area contributed by atoms with E-state index in [4.69, 9.17) is 20.8 Å². The summed E-state index contributed by atoms with van der Waals surface area (Å²) in [6.07, 6.45) is 2.48. The summed E-state index contributed by atoms with van der Waals surface area (Å²) >= 11 is 5.95. The van der Waals surface area contributed by atoms with Crippen LogP contribution in [0, 0.1) is 0 Å². The Morgan fingerprint density at radius 1 is 0.968 bits per heavy atom. The summed E-state index contributed by atoms with van der Waals surface area (Å²) in [6.45, 7) is 0. The molecule has 1 heterocycles. The highest BCUT2D eigenvalue weighted by Gasteiger charge is 2.19. The number of halogens is 1. The van der Waals surface area contributed by atoms with Crippen molar-refractivity contribution in [3.05, 3.63) is 93.6 Å². The molecular formula is C24H15ClO6. The Morgan fingerprint density at radius 3 is 2.45 bits per heavy atom. The Morgan fingerprint density at radius 2 is 1.71 bits per heavy atom. The number of ether oxygens (including phenoxy) is 1. The number of phenolic OH excluding ortho intramolecular Hbond substituents is 2. The van der Waals surface area contributed by atoms with Crippen LogP contribution in [0.4, 0.5) is 0 Å². The number of fused-ring (bicyclic) bond motifs is 1. The first-order valence-electron chi connectivity index (χ1n) is 9.16. The molecule has 0 spiro atoms. The van der Waals surface area contributed by atoms with Gasteiger partial charge in [-0.1, -0.05) is 29.8 Å². The summed E-state index contributed by atoms with van der Waals surface area (Å²) in [4.78, 5) is 25.5. The molecule has 6 nitrogen and oxygen atoms in total. The maximum Gasteiger partial charge on any atom is 0.336 e. The lowest BCUT2D eigenvalue weighted by Gasteiger charge is -2.09. The maximum absolute atomic E-state index is 13.0. The molecule has 0 aliphatic carbocycles. The van der Waals surface area contributed by atoms with Gasteiger partial charge in [0, 0.05) is 16.7 Å². The summed E-state index contributed by atoms with van der Waals surface area (Å²) in [6, 6.07) is 17.3. The fourth-order valence-electron chi connectivity index (χ4n) is 2.95. The third-order valence-corrected chi connectivity index (χ3v) is 4.73. The first kappa shape index (κ1) is 20.3. The van der Waals surface area contributed by atoms with E-state index in [0.717, 1.165) is 6.08 Å². The van der Waals surface area contributed by atoms with E-state index in [1.165, 1.54) is 24.3 Å². The van der Waals surface area contributed by atoms with Crippen molar-refractivity contribution >= 4 is 34.6 Å². The number of esters is 1. The van der Waals surface area contributed by atoms with Crippen molar-refractivity contribution in [2.45, 2.75) is 0 Å². The molecule has 0 aliphatic heterocycles. The molecule has 3 aromatic carbocycles. The number of hydrogen-bond donors (Lipinski definition) is 2. The number of carbonyl (C=O) groups excluding carboxylic acids is 1. The second kappa shape index (κ2) is 8.38. The number of phenols is 2. The molecule has 4 aromatic rings. The normalized spacial score (nSPS) is 11.1. The van der Waals surface area contributed by atoms with Crippen molar-refractivity contribution in [1.29, 1.82) is 0 Å². The highest BCUT2D eigenvalue weighted by molar-refractivity contribution is 6.30. The van der Waals surface area contributed by atoms with Crippen LogP contribution >= 0.6 is 11.6 Å². The Balaban J connectivity index is 1.74. The number of benzene rings is 3. The molecule has 0 radical (unpaired) electrons. The van der Waals surface area contributed by atoms with Gasteiger partial charge in [-0.2, -0.15) is 0 Å². The molecule has 0 unspecified atom stereocenters. The standard InChI is InChI=1S/C24H15ClO6/c25-16-9-7-15(8-10-16)23-24(22(29)17-3-1-2-4-20(17)30-23)31-21(28)12-6-14-5-11-18(26)19(27)13-14/h1-13,26-27H/b12-6+. The van der Waals surface area contributed by atoms with Crippen LogP contribution < -0.4 is 10.2 Å². The molecule has 0 saturated carbocycles. The Bertz CT molecular complexity index is 1370. The molecular weight excluding hydrogens is 420 g/mol. The van der Waals surface area contributed by atoms with E-state index in [0.29, 0.717) is 21.7 Å². The third kappa shape index (κ3) is 4.29. The number of hydrogen-bond acceptors (Lipinski definition) is 6. The molecule has 0 atom stereocenters. The van der Waals surface area contributed by atoms with E-state index in [-0.39, 0.29) is 28.4 Å². The highest BCUT2D eigenvalue weighted by Crippen LogP contribution is 2.32. The third-order valence-electron chi connectivity index (χ3n) is 4.48. The Kier molecular flexibility index (Phi) is 5.47. The van der Waals surface area contributed by atoms with Gasteiger partial charge < -0.3 is 19.4 Å². The van der Waals surface area contributed by atoms with Crippen molar-refractivity contribution in [3.8, 4) is 28.6 Å². The number of rotatable bonds is 4. The summed E-state index contributed by atoms with van der Waals surface area (Å²) in [5, 5.41) is 19.7. The van der Waals surface area contributed by atoms with Gasteiger partial charge >= 0.3 is 5.97 Å². The number of aromatic hydroxyl groups is 2. The predicted molar refractivity (Wildman–Crippen MR) is 117 cm³/mol. The quantitative estimate of drug-likeness (QED) is 0.262. The minimum Gasteiger partial charge on any atom is -0.504 e. The van der Waals surface area contributed by atoms with Crippen LogP contribution in [0.25, 0.3) is 28.4 Å². The van der Waals surface area contributed by atoms with Crippen LogP contribution in [0.2, 0.25) is 5.02 Å². The average molecular weight is 435 g/mol. The second-order valence-corrected chi connectivity index (χ2v) is 7.03. The number of carbonyl (C=O) groups is 1. The lowest BCUT2D eigenvalue weighted by atomic mass is 10.1. The molecule has 0 aliphatic rings. The first-order chi connectivity index (χ1) is 14.9. The fourth-order valence-corrected chi connectivity index (χ4v) is 3.08. The van der Waals surface area contributed by atoms with Gasteiger partial charge in [-0.05, 0) is 60.2 Å². The Labute approximate surface area is 181 Å². The zero-order chi connectivity index (χ0) is 22.0. The van der Waals surface area contributed by atoms with Crippen molar-refractivity contribution in [2.24, 2.45) is 0 Å². The molecule has 7 heteroatoms. The monoisotopic (exact) mass is 434 g/mol. The molecule has 4 rings (SSSR count). The summed E-state index contributed by atoms with van der Waals surface area (Å²) in [5.41, 5.74) is 0.835. The smallest absolute Gasteiger partial charge is 0.336 e. The van der Waals surface area contributed by atoms with Crippen LogP contribution in [0.5, 0.6) is 17.2 Å². The van der Waals surface area contributed by atoms with Gasteiger partial charge in [-0.15, -0.1) is 0 Å². The van der Waals surface area contributed by atoms with E-state index in [2.05, 4.69) is 0 Å². The van der Waals surface area contributed by atoms with Crippen LogP contribution in [0.15, 0.2) is 82.0 Å². The lowest BCUT2D eigenvalue weighted by Crippen LogP contribution is -2.14. The minimum atomic E-state index is -0.814. The van der Waals surface area contributed by atoms with Crippen molar-refractivity contribution in [3.63, 3.8) is 0 Å². The van der Waals surface area contributed by atoms with E-state index in [1.54, 1.807) is 48.5 Å². The molecule has 0 amide bonds. The highest BCUT2D eigenvalue weighted by atomic mass is 35.5. The Hall–Kier alpha value is -4.03. The molecule has 31 heavy (non-hydrogen) atoms.